The fourth-order valence-electron chi connectivity index (χ4n) is 1.49. The van der Waals surface area contributed by atoms with Gasteiger partial charge in [0.2, 0.25) is 5.91 Å². The molecule has 0 saturated heterocycles. The van der Waals surface area contributed by atoms with Crippen LogP contribution < -0.4 is 5.73 Å². The normalized spacial score (nSPS) is 26.6. The van der Waals surface area contributed by atoms with Gasteiger partial charge in [-0.25, -0.2) is 0 Å². The van der Waals surface area contributed by atoms with Crippen LogP contribution in [0.3, 0.4) is 0 Å². The molecule has 3 heteroatoms. The molecule has 2 N–H and O–H groups in total. The number of carbonyl (C=O) groups is 1. The topological polar surface area (TPSA) is 46.3 Å². The molecule has 1 aliphatic carbocycles. The molecular weight excluding hydrogens is 176 g/mol. The van der Waals surface area contributed by atoms with Crippen LogP contribution in [0.2, 0.25) is 0 Å². The van der Waals surface area contributed by atoms with Gasteiger partial charge < -0.3 is 10.6 Å². The van der Waals surface area contributed by atoms with Crippen molar-refractivity contribution in [3.63, 3.8) is 0 Å². The van der Waals surface area contributed by atoms with E-state index < -0.39 is 0 Å². The van der Waals surface area contributed by atoms with Crippen molar-refractivity contribution in [1.29, 1.82) is 0 Å². The zero-order chi connectivity index (χ0) is 10.9. The van der Waals surface area contributed by atoms with E-state index in [1.807, 2.05) is 40.0 Å². The largest absolute Gasteiger partial charge is 0.340 e. The van der Waals surface area contributed by atoms with Gasteiger partial charge in [-0.15, -0.1) is 0 Å². The summed E-state index contributed by atoms with van der Waals surface area (Å²) in [5.74, 6) is 0.149. The first kappa shape index (κ1) is 11.2. The smallest absolute Gasteiger partial charge is 0.229 e. The van der Waals surface area contributed by atoms with Crippen LogP contribution in [0.1, 0.15) is 27.2 Å². The van der Waals surface area contributed by atoms with Gasteiger partial charge >= 0.3 is 0 Å². The van der Waals surface area contributed by atoms with E-state index in [4.69, 9.17) is 5.73 Å². The molecule has 1 rings (SSSR count). The van der Waals surface area contributed by atoms with E-state index >= 15 is 0 Å². The van der Waals surface area contributed by atoms with Crippen molar-refractivity contribution >= 4 is 5.91 Å². The van der Waals surface area contributed by atoms with E-state index in [9.17, 15) is 4.79 Å². The molecule has 0 aromatic carbocycles. The predicted octanol–water partition coefficient (Wildman–Crippen LogP) is 1.15. The third-order valence-corrected chi connectivity index (χ3v) is 2.77. The molecule has 1 amide bonds. The molecule has 0 radical (unpaired) electrons. The van der Waals surface area contributed by atoms with Crippen molar-refractivity contribution in [2.75, 3.05) is 7.05 Å². The fourth-order valence-corrected chi connectivity index (χ4v) is 1.49. The Morgan fingerprint density at radius 1 is 1.43 bits per heavy atom. The molecular formula is C11H20N2O. The Balaban J connectivity index is 2.63. The van der Waals surface area contributed by atoms with Crippen molar-refractivity contribution in [3.8, 4) is 0 Å². The molecule has 2 atom stereocenters. The van der Waals surface area contributed by atoms with Gasteiger partial charge in [-0.1, -0.05) is 12.2 Å². The van der Waals surface area contributed by atoms with Gasteiger partial charge in [0.15, 0.2) is 0 Å². The molecule has 0 aliphatic heterocycles. The average molecular weight is 196 g/mol. The first-order chi connectivity index (χ1) is 6.32. The van der Waals surface area contributed by atoms with E-state index in [0.29, 0.717) is 0 Å². The Kier molecular flexibility index (Phi) is 3.00. The van der Waals surface area contributed by atoms with Gasteiger partial charge in [0.05, 0.1) is 5.92 Å². The fraction of sp³-hybridized carbons (Fsp3) is 0.727. The van der Waals surface area contributed by atoms with Gasteiger partial charge in [0.1, 0.15) is 0 Å². The summed E-state index contributed by atoms with van der Waals surface area (Å²) < 4.78 is 0. The highest BCUT2D eigenvalue weighted by atomic mass is 16.2. The standard InChI is InChI=1S/C11H20N2O/c1-11(2,3)13(4)10(14)8-5-6-9(12)7-8/h5-6,8-9H,7,12H2,1-4H3. The van der Waals surface area contributed by atoms with Crippen LogP contribution in [-0.4, -0.2) is 29.4 Å². The average Bonchev–Trinajstić information content (AvgIpc) is 2.47. The van der Waals surface area contributed by atoms with Crippen LogP contribution in [0, 0.1) is 5.92 Å². The van der Waals surface area contributed by atoms with Gasteiger partial charge in [0.25, 0.3) is 0 Å². The monoisotopic (exact) mass is 196 g/mol. The number of nitrogens with zero attached hydrogens (tertiary/aromatic N) is 1. The van der Waals surface area contributed by atoms with Crippen LogP contribution in [0.25, 0.3) is 0 Å². The SMILES string of the molecule is CN(C(=O)C1C=CC(N)C1)C(C)(C)C. The Morgan fingerprint density at radius 3 is 2.36 bits per heavy atom. The Hall–Kier alpha value is -0.830. The summed E-state index contributed by atoms with van der Waals surface area (Å²) in [6.45, 7) is 6.09. The number of nitrogens with two attached hydrogens (primary N) is 1. The summed E-state index contributed by atoms with van der Waals surface area (Å²) in [7, 11) is 1.85. The first-order valence-electron chi connectivity index (χ1n) is 5.04. The van der Waals surface area contributed by atoms with Gasteiger partial charge in [-0.05, 0) is 27.2 Å². The molecule has 0 aromatic heterocycles. The van der Waals surface area contributed by atoms with E-state index in [1.165, 1.54) is 0 Å². The number of amides is 1. The van der Waals surface area contributed by atoms with Crippen LogP contribution in [0.5, 0.6) is 0 Å². The summed E-state index contributed by atoms with van der Waals surface area (Å²) in [4.78, 5) is 13.7. The van der Waals surface area contributed by atoms with Crippen LogP contribution in [0.15, 0.2) is 12.2 Å². The zero-order valence-corrected chi connectivity index (χ0v) is 9.45. The summed E-state index contributed by atoms with van der Waals surface area (Å²) in [5, 5.41) is 0. The lowest BCUT2D eigenvalue weighted by Crippen LogP contribution is -2.45. The number of hydrogen-bond acceptors (Lipinski definition) is 2. The van der Waals surface area contributed by atoms with E-state index in [2.05, 4.69) is 0 Å². The maximum atomic E-state index is 12.0. The summed E-state index contributed by atoms with van der Waals surface area (Å²) in [5.41, 5.74) is 5.60. The molecule has 0 spiro atoms. The second-order valence-corrected chi connectivity index (χ2v) is 4.96. The minimum atomic E-state index is -0.113. The predicted molar refractivity (Wildman–Crippen MR) is 57.7 cm³/mol. The summed E-state index contributed by atoms with van der Waals surface area (Å²) >= 11 is 0. The minimum Gasteiger partial charge on any atom is -0.340 e. The lowest BCUT2D eigenvalue weighted by Gasteiger charge is -2.33. The molecule has 1 aliphatic rings. The Labute approximate surface area is 86.0 Å². The third kappa shape index (κ3) is 2.35. The van der Waals surface area contributed by atoms with Crippen molar-refractivity contribution in [2.24, 2.45) is 11.7 Å². The maximum Gasteiger partial charge on any atom is 0.229 e. The summed E-state index contributed by atoms with van der Waals surface area (Å²) in [6.07, 6.45) is 4.59. The number of hydrogen-bond donors (Lipinski definition) is 1. The van der Waals surface area contributed by atoms with E-state index in [1.54, 1.807) is 4.90 Å². The van der Waals surface area contributed by atoms with Crippen LogP contribution in [-0.2, 0) is 4.79 Å². The second-order valence-electron chi connectivity index (χ2n) is 4.96. The first-order valence-corrected chi connectivity index (χ1v) is 5.04. The van der Waals surface area contributed by atoms with Crippen molar-refractivity contribution in [3.05, 3.63) is 12.2 Å². The molecule has 14 heavy (non-hydrogen) atoms. The molecule has 2 unspecified atom stereocenters. The van der Waals surface area contributed by atoms with Gasteiger partial charge in [-0.3, -0.25) is 4.79 Å². The Morgan fingerprint density at radius 2 is 2.00 bits per heavy atom. The summed E-state index contributed by atoms with van der Waals surface area (Å²) in [6, 6.07) is 0.0531. The second kappa shape index (κ2) is 3.73. The molecule has 80 valence electrons. The van der Waals surface area contributed by atoms with Gasteiger partial charge in [0, 0.05) is 18.6 Å². The number of rotatable bonds is 1. The number of carbonyl (C=O) groups excluding carboxylic acids is 1. The molecule has 0 heterocycles. The molecule has 0 fully saturated rings. The van der Waals surface area contributed by atoms with Crippen LogP contribution in [0.4, 0.5) is 0 Å². The quantitative estimate of drug-likeness (QED) is 0.639. The van der Waals surface area contributed by atoms with Crippen LogP contribution >= 0.6 is 0 Å². The van der Waals surface area contributed by atoms with Crippen molar-refractivity contribution in [1.82, 2.24) is 4.90 Å². The van der Waals surface area contributed by atoms with Crippen molar-refractivity contribution in [2.45, 2.75) is 38.8 Å². The molecule has 3 nitrogen and oxygen atoms in total. The highest BCUT2D eigenvalue weighted by Crippen LogP contribution is 2.22. The molecule has 0 aromatic rings. The minimum absolute atomic E-state index is 0.0192. The highest BCUT2D eigenvalue weighted by Gasteiger charge is 2.30. The molecule has 0 saturated carbocycles. The van der Waals surface area contributed by atoms with Crippen molar-refractivity contribution < 1.29 is 4.79 Å². The Bertz CT molecular complexity index is 253. The molecule has 0 bridgehead atoms. The zero-order valence-electron chi connectivity index (χ0n) is 9.45. The van der Waals surface area contributed by atoms with E-state index in [-0.39, 0.29) is 23.4 Å². The van der Waals surface area contributed by atoms with E-state index in [0.717, 1.165) is 6.42 Å². The lowest BCUT2D eigenvalue weighted by atomic mass is 10.0. The lowest BCUT2D eigenvalue weighted by molar-refractivity contribution is -0.136. The third-order valence-electron chi connectivity index (χ3n) is 2.77. The maximum absolute atomic E-state index is 12.0. The van der Waals surface area contributed by atoms with Gasteiger partial charge in [-0.2, -0.15) is 0 Å². The highest BCUT2D eigenvalue weighted by molar-refractivity contribution is 5.81.